The molecule has 19 heavy (non-hydrogen) atoms. The van der Waals surface area contributed by atoms with Gasteiger partial charge in [0.2, 0.25) is 0 Å². The van der Waals surface area contributed by atoms with Gasteiger partial charge in [-0.3, -0.25) is 4.79 Å². The van der Waals surface area contributed by atoms with Crippen molar-refractivity contribution >= 4 is 21.8 Å². The summed E-state index contributed by atoms with van der Waals surface area (Å²) in [6.45, 7) is -0.277. The zero-order valence-electron chi connectivity index (χ0n) is 9.73. The van der Waals surface area contributed by atoms with E-state index in [1.165, 1.54) is 0 Å². The predicted molar refractivity (Wildman–Crippen MR) is 64.1 cm³/mol. The van der Waals surface area contributed by atoms with E-state index in [2.05, 4.69) is 15.9 Å². The standard InChI is InChI=1S/C12H10BrF4NO/c13-8-5-7(9(14)6-10(8)15)11(19)18-3-1-12(16,17)2-4-18/h5-6H,1-4H2. The summed E-state index contributed by atoms with van der Waals surface area (Å²) in [6, 6.07) is 1.62. The van der Waals surface area contributed by atoms with E-state index >= 15 is 0 Å². The maximum absolute atomic E-state index is 13.5. The first-order valence-electron chi connectivity index (χ1n) is 5.62. The third-order valence-corrected chi connectivity index (χ3v) is 3.63. The highest BCUT2D eigenvalue weighted by Crippen LogP contribution is 2.29. The van der Waals surface area contributed by atoms with Gasteiger partial charge >= 0.3 is 0 Å². The normalized spacial score (nSPS) is 18.5. The van der Waals surface area contributed by atoms with Gasteiger partial charge in [0.25, 0.3) is 11.8 Å². The minimum atomic E-state index is -2.78. The van der Waals surface area contributed by atoms with Crippen LogP contribution in [0.1, 0.15) is 23.2 Å². The fraction of sp³-hybridized carbons (Fsp3) is 0.417. The summed E-state index contributed by atoms with van der Waals surface area (Å²) in [5, 5.41) is 0. The number of benzene rings is 1. The molecule has 1 amide bonds. The van der Waals surface area contributed by atoms with Gasteiger partial charge in [-0.05, 0) is 22.0 Å². The molecule has 0 aromatic heterocycles. The first kappa shape index (κ1) is 14.3. The van der Waals surface area contributed by atoms with Crippen molar-refractivity contribution in [2.75, 3.05) is 13.1 Å². The van der Waals surface area contributed by atoms with Crippen molar-refractivity contribution < 1.29 is 22.4 Å². The highest BCUT2D eigenvalue weighted by molar-refractivity contribution is 9.10. The molecule has 1 fully saturated rings. The van der Waals surface area contributed by atoms with Crippen LogP contribution in [-0.4, -0.2) is 29.8 Å². The molecule has 0 aliphatic carbocycles. The van der Waals surface area contributed by atoms with E-state index in [1.54, 1.807) is 0 Å². The second-order valence-electron chi connectivity index (χ2n) is 4.39. The molecule has 0 unspecified atom stereocenters. The number of rotatable bonds is 1. The van der Waals surface area contributed by atoms with Gasteiger partial charge in [0, 0.05) is 32.0 Å². The van der Waals surface area contributed by atoms with Crippen molar-refractivity contribution in [3.8, 4) is 0 Å². The van der Waals surface area contributed by atoms with E-state index in [0.717, 1.165) is 11.0 Å². The number of carbonyl (C=O) groups is 1. The first-order chi connectivity index (χ1) is 8.80. The van der Waals surface area contributed by atoms with Gasteiger partial charge in [-0.1, -0.05) is 0 Å². The zero-order chi connectivity index (χ0) is 14.2. The topological polar surface area (TPSA) is 20.3 Å². The molecule has 0 radical (unpaired) electrons. The van der Waals surface area contributed by atoms with Crippen LogP contribution < -0.4 is 0 Å². The Kier molecular flexibility index (Phi) is 3.85. The summed E-state index contributed by atoms with van der Waals surface area (Å²) < 4.78 is 52.5. The molecule has 0 atom stereocenters. The van der Waals surface area contributed by atoms with Crippen LogP contribution in [0.3, 0.4) is 0 Å². The summed E-state index contributed by atoms with van der Waals surface area (Å²) >= 11 is 2.86. The van der Waals surface area contributed by atoms with E-state index in [9.17, 15) is 22.4 Å². The van der Waals surface area contributed by atoms with Crippen molar-refractivity contribution in [2.24, 2.45) is 0 Å². The second kappa shape index (κ2) is 5.11. The molecule has 1 saturated heterocycles. The van der Waals surface area contributed by atoms with E-state index in [-0.39, 0.29) is 23.1 Å². The van der Waals surface area contributed by atoms with Crippen LogP contribution in [0.2, 0.25) is 0 Å². The molecule has 1 aromatic carbocycles. The van der Waals surface area contributed by atoms with Crippen LogP contribution in [0.5, 0.6) is 0 Å². The lowest BCUT2D eigenvalue weighted by molar-refractivity contribution is -0.0494. The first-order valence-corrected chi connectivity index (χ1v) is 6.41. The van der Waals surface area contributed by atoms with E-state index < -0.39 is 36.3 Å². The number of piperidine rings is 1. The second-order valence-corrected chi connectivity index (χ2v) is 5.25. The molecule has 1 aromatic rings. The Hall–Kier alpha value is -1.11. The van der Waals surface area contributed by atoms with Crippen molar-refractivity contribution in [3.63, 3.8) is 0 Å². The monoisotopic (exact) mass is 339 g/mol. The van der Waals surface area contributed by atoms with Crippen molar-refractivity contribution in [2.45, 2.75) is 18.8 Å². The summed E-state index contributed by atoms with van der Waals surface area (Å²) in [7, 11) is 0. The number of carbonyl (C=O) groups excluding carboxylic acids is 1. The fourth-order valence-corrected chi connectivity index (χ4v) is 2.24. The number of alkyl halides is 2. The summed E-state index contributed by atoms with van der Waals surface area (Å²) in [6.07, 6.45) is -0.883. The van der Waals surface area contributed by atoms with Gasteiger partial charge in [0.15, 0.2) is 0 Å². The lowest BCUT2D eigenvalue weighted by atomic mass is 10.1. The maximum Gasteiger partial charge on any atom is 0.256 e. The highest BCUT2D eigenvalue weighted by atomic mass is 79.9. The Balaban J connectivity index is 2.19. The molecule has 2 nitrogen and oxygen atoms in total. The molecule has 0 N–H and O–H groups in total. The van der Waals surface area contributed by atoms with Gasteiger partial charge in [0.1, 0.15) is 11.6 Å². The molecule has 1 heterocycles. The molecule has 7 heteroatoms. The predicted octanol–water partition coefficient (Wildman–Crippen LogP) is 3.60. The maximum atomic E-state index is 13.5. The summed E-state index contributed by atoms with van der Waals surface area (Å²) in [5.74, 6) is -5.30. The fourth-order valence-electron chi connectivity index (χ4n) is 1.89. The molecule has 104 valence electrons. The zero-order valence-corrected chi connectivity index (χ0v) is 11.3. The molecule has 0 bridgehead atoms. The Morgan fingerprint density at radius 3 is 2.32 bits per heavy atom. The lowest BCUT2D eigenvalue weighted by Gasteiger charge is -2.31. The number of nitrogens with zero attached hydrogens (tertiary/aromatic N) is 1. The Labute approximate surface area is 115 Å². The largest absolute Gasteiger partial charge is 0.338 e. The van der Waals surface area contributed by atoms with E-state index in [4.69, 9.17) is 0 Å². The average Bonchev–Trinajstić information content (AvgIpc) is 2.33. The number of halogens is 5. The van der Waals surface area contributed by atoms with Gasteiger partial charge < -0.3 is 4.90 Å². The SMILES string of the molecule is O=C(c1cc(Br)c(F)cc1F)N1CCC(F)(F)CC1. The number of hydrogen-bond acceptors (Lipinski definition) is 1. The molecular formula is C12H10BrF4NO. The van der Waals surface area contributed by atoms with Crippen molar-refractivity contribution in [1.82, 2.24) is 4.90 Å². The third-order valence-electron chi connectivity index (χ3n) is 3.02. The molecule has 0 saturated carbocycles. The Morgan fingerprint density at radius 1 is 1.16 bits per heavy atom. The van der Waals surface area contributed by atoms with E-state index in [0.29, 0.717) is 6.07 Å². The van der Waals surface area contributed by atoms with Crippen LogP contribution >= 0.6 is 15.9 Å². The molecule has 1 aliphatic rings. The van der Waals surface area contributed by atoms with Gasteiger partial charge in [-0.25, -0.2) is 17.6 Å². The summed E-state index contributed by atoms with van der Waals surface area (Å²) in [4.78, 5) is 13.1. The van der Waals surface area contributed by atoms with Crippen LogP contribution in [0.4, 0.5) is 17.6 Å². The quantitative estimate of drug-likeness (QED) is 0.565. The molecule has 1 aliphatic heterocycles. The van der Waals surface area contributed by atoms with Gasteiger partial charge in [-0.2, -0.15) is 0 Å². The summed E-state index contributed by atoms with van der Waals surface area (Å²) in [5.41, 5.74) is -0.321. The Bertz CT molecular complexity index is 511. The van der Waals surface area contributed by atoms with E-state index in [1.807, 2.05) is 0 Å². The number of hydrogen-bond donors (Lipinski definition) is 0. The average molecular weight is 340 g/mol. The minimum Gasteiger partial charge on any atom is -0.338 e. The minimum absolute atomic E-state index is 0.0420. The third kappa shape index (κ3) is 3.08. The smallest absolute Gasteiger partial charge is 0.256 e. The van der Waals surface area contributed by atoms with Crippen LogP contribution in [0, 0.1) is 11.6 Å². The van der Waals surface area contributed by atoms with Gasteiger partial charge in [0.05, 0.1) is 10.0 Å². The molecule has 0 spiro atoms. The lowest BCUT2D eigenvalue weighted by Crippen LogP contribution is -2.43. The van der Waals surface area contributed by atoms with Crippen LogP contribution in [0.25, 0.3) is 0 Å². The van der Waals surface area contributed by atoms with Crippen molar-refractivity contribution in [3.05, 3.63) is 33.8 Å². The molecule has 2 rings (SSSR count). The molecular weight excluding hydrogens is 330 g/mol. The van der Waals surface area contributed by atoms with Crippen LogP contribution in [0.15, 0.2) is 16.6 Å². The van der Waals surface area contributed by atoms with Gasteiger partial charge in [-0.15, -0.1) is 0 Å². The Morgan fingerprint density at radius 2 is 1.74 bits per heavy atom. The number of amides is 1. The highest BCUT2D eigenvalue weighted by Gasteiger charge is 2.36. The van der Waals surface area contributed by atoms with Crippen molar-refractivity contribution in [1.29, 1.82) is 0 Å². The number of likely N-dealkylation sites (tertiary alicyclic amines) is 1. The van der Waals surface area contributed by atoms with Crippen LogP contribution in [-0.2, 0) is 0 Å².